The van der Waals surface area contributed by atoms with Gasteiger partial charge in [0, 0.05) is 6.07 Å². The van der Waals surface area contributed by atoms with Gasteiger partial charge in [-0.15, -0.1) is 0 Å². The van der Waals surface area contributed by atoms with Crippen molar-refractivity contribution in [3.63, 3.8) is 0 Å². The van der Waals surface area contributed by atoms with Crippen LogP contribution in [0.15, 0.2) is 24.4 Å². The third-order valence-corrected chi connectivity index (χ3v) is 2.74. The molecule has 2 heterocycles. The molecule has 98 valence electrons. The molecule has 1 aromatic heterocycles. The topological polar surface area (TPSA) is 48.6 Å². The van der Waals surface area contributed by atoms with Gasteiger partial charge in [0.1, 0.15) is 0 Å². The van der Waals surface area contributed by atoms with Crippen LogP contribution in [-0.4, -0.2) is 25.0 Å². The molecule has 0 amide bonds. The molecule has 5 nitrogen and oxygen atoms in total. The van der Waals surface area contributed by atoms with E-state index in [2.05, 4.69) is 0 Å². The van der Waals surface area contributed by atoms with E-state index in [-0.39, 0.29) is 6.04 Å². The van der Waals surface area contributed by atoms with Crippen LogP contribution >= 0.6 is 0 Å². The van der Waals surface area contributed by atoms with Gasteiger partial charge in [-0.1, -0.05) is 0 Å². The summed E-state index contributed by atoms with van der Waals surface area (Å²) >= 11 is 0. The first-order valence-corrected chi connectivity index (χ1v) is 5.99. The molecule has 1 aliphatic rings. The van der Waals surface area contributed by atoms with Gasteiger partial charge in [-0.25, -0.2) is 4.79 Å². The summed E-state index contributed by atoms with van der Waals surface area (Å²) in [5, 5.41) is 0. The highest BCUT2D eigenvalue weighted by molar-refractivity contribution is 5.63. The van der Waals surface area contributed by atoms with Gasteiger partial charge in [0.15, 0.2) is 17.8 Å². The van der Waals surface area contributed by atoms with E-state index in [0.29, 0.717) is 19.1 Å². The van der Waals surface area contributed by atoms with Gasteiger partial charge in [-0.3, -0.25) is 0 Å². The van der Waals surface area contributed by atoms with Crippen molar-refractivity contribution in [2.24, 2.45) is 0 Å². The van der Waals surface area contributed by atoms with Gasteiger partial charge in [0.2, 0.25) is 0 Å². The number of carbonyl (C=O) groups excluding carboxylic acids is 1. The largest absolute Gasteiger partial charge is 0.518 e. The number of pyridine rings is 1. The van der Waals surface area contributed by atoms with Crippen LogP contribution in [0.25, 0.3) is 0 Å². The normalized spacial score (nSPS) is 17.1. The zero-order chi connectivity index (χ0) is 13.2. The lowest BCUT2D eigenvalue weighted by molar-refractivity contribution is -0.719. The van der Waals surface area contributed by atoms with E-state index in [1.165, 1.54) is 0 Å². The molecule has 0 atom stereocenters. The van der Waals surface area contributed by atoms with Gasteiger partial charge >= 0.3 is 12.0 Å². The summed E-state index contributed by atoms with van der Waals surface area (Å²) in [6.07, 6.45) is 1.17. The van der Waals surface area contributed by atoms with Crippen LogP contribution in [0.3, 0.4) is 0 Å². The van der Waals surface area contributed by atoms with Gasteiger partial charge in [0.25, 0.3) is 0 Å². The van der Waals surface area contributed by atoms with Crippen molar-refractivity contribution >= 4 is 6.16 Å². The van der Waals surface area contributed by atoms with Gasteiger partial charge in [-0.2, -0.15) is 4.57 Å². The van der Waals surface area contributed by atoms with E-state index in [1.807, 2.05) is 43.7 Å². The van der Waals surface area contributed by atoms with E-state index < -0.39 is 11.8 Å². The predicted molar refractivity (Wildman–Crippen MR) is 63.4 cm³/mol. The van der Waals surface area contributed by atoms with Crippen LogP contribution in [-0.2, 0) is 9.47 Å². The number of carbonyl (C=O) groups is 1. The molecule has 0 radical (unpaired) electrons. The minimum Gasteiger partial charge on any atom is -0.423 e. The quantitative estimate of drug-likeness (QED) is 0.608. The first-order valence-electron chi connectivity index (χ1n) is 5.99. The Morgan fingerprint density at radius 2 is 2.17 bits per heavy atom. The van der Waals surface area contributed by atoms with Crippen molar-refractivity contribution in [3.05, 3.63) is 24.4 Å². The Morgan fingerprint density at radius 3 is 2.72 bits per heavy atom. The van der Waals surface area contributed by atoms with Crippen LogP contribution in [0.5, 0.6) is 5.88 Å². The van der Waals surface area contributed by atoms with Gasteiger partial charge < -0.3 is 14.2 Å². The summed E-state index contributed by atoms with van der Waals surface area (Å²) in [6, 6.07) is 5.65. The smallest absolute Gasteiger partial charge is 0.423 e. The van der Waals surface area contributed by atoms with Crippen LogP contribution in [0.1, 0.15) is 26.8 Å². The molecule has 2 rings (SSSR count). The third-order valence-electron chi connectivity index (χ3n) is 2.74. The maximum absolute atomic E-state index is 11.7. The first kappa shape index (κ1) is 12.8. The fraction of sp³-hybridized carbons (Fsp3) is 0.538. The maximum atomic E-state index is 11.7. The number of nitrogens with zero attached hydrogens (tertiary/aromatic N) is 1. The van der Waals surface area contributed by atoms with E-state index in [1.54, 1.807) is 6.07 Å². The van der Waals surface area contributed by atoms with Crippen molar-refractivity contribution in [1.29, 1.82) is 0 Å². The fourth-order valence-corrected chi connectivity index (χ4v) is 1.71. The van der Waals surface area contributed by atoms with E-state index in [0.717, 1.165) is 0 Å². The van der Waals surface area contributed by atoms with Crippen molar-refractivity contribution < 1.29 is 23.6 Å². The van der Waals surface area contributed by atoms with Crippen LogP contribution < -0.4 is 9.30 Å². The van der Waals surface area contributed by atoms with E-state index in [9.17, 15) is 4.79 Å². The molecule has 0 saturated carbocycles. The number of hydrogen-bond donors (Lipinski definition) is 0. The predicted octanol–water partition coefficient (Wildman–Crippen LogP) is 1.86. The first-order chi connectivity index (χ1) is 8.50. The Morgan fingerprint density at radius 1 is 1.44 bits per heavy atom. The zero-order valence-corrected chi connectivity index (χ0v) is 10.9. The summed E-state index contributed by atoms with van der Waals surface area (Å²) in [5.74, 6) is 0.473. The molecule has 18 heavy (non-hydrogen) atoms. The molecule has 0 aromatic carbocycles. The highest BCUT2D eigenvalue weighted by Crippen LogP contribution is 2.21. The Bertz CT molecular complexity index is 440. The summed E-state index contributed by atoms with van der Waals surface area (Å²) in [6.45, 7) is 6.68. The Balaban J connectivity index is 2.02. The fourth-order valence-electron chi connectivity index (χ4n) is 1.71. The second-order valence-electron chi connectivity index (χ2n) is 4.94. The highest BCUT2D eigenvalue weighted by Gasteiger charge is 2.38. The summed E-state index contributed by atoms with van der Waals surface area (Å²) in [7, 11) is 0. The van der Waals surface area contributed by atoms with E-state index >= 15 is 0 Å². The standard InChI is InChI=1S/C13H18NO4/c1-10(2)14-7-5-4-6-11(14)17-12(15)18-13(3)8-16-9-13/h4-7,10H,8-9H2,1-3H3/q+1. The van der Waals surface area contributed by atoms with Crippen LogP contribution in [0, 0.1) is 0 Å². The molecule has 0 aliphatic carbocycles. The SMILES string of the molecule is CC(C)[n+]1ccccc1OC(=O)OC1(C)COC1. The third kappa shape index (κ3) is 2.79. The van der Waals surface area contributed by atoms with E-state index in [4.69, 9.17) is 14.2 Å². The number of aromatic nitrogens is 1. The lowest BCUT2D eigenvalue weighted by atomic mass is 10.1. The lowest BCUT2D eigenvalue weighted by Gasteiger charge is -2.36. The number of hydrogen-bond acceptors (Lipinski definition) is 4. The Labute approximate surface area is 106 Å². The average Bonchev–Trinajstić information content (AvgIpc) is 2.27. The lowest BCUT2D eigenvalue weighted by Crippen LogP contribution is -2.51. The molecule has 1 fully saturated rings. The van der Waals surface area contributed by atoms with Crippen LogP contribution in [0.2, 0.25) is 0 Å². The second-order valence-corrected chi connectivity index (χ2v) is 4.94. The van der Waals surface area contributed by atoms with Crippen molar-refractivity contribution in [3.8, 4) is 5.88 Å². The summed E-state index contributed by atoms with van der Waals surface area (Å²) < 4.78 is 17.3. The Hall–Kier alpha value is -1.62. The molecule has 0 N–H and O–H groups in total. The molecule has 1 aromatic rings. The molecule has 0 unspecified atom stereocenters. The second kappa shape index (κ2) is 4.94. The number of rotatable bonds is 3. The number of ether oxygens (including phenoxy) is 3. The van der Waals surface area contributed by atoms with Crippen molar-refractivity contribution in [2.75, 3.05) is 13.2 Å². The molecular formula is C13H18NO4+. The average molecular weight is 252 g/mol. The van der Waals surface area contributed by atoms with Crippen LogP contribution in [0.4, 0.5) is 4.79 Å². The minimum absolute atomic E-state index is 0.205. The minimum atomic E-state index is -0.693. The summed E-state index contributed by atoms with van der Waals surface area (Å²) in [5.41, 5.74) is -0.547. The molecule has 5 heteroatoms. The molecule has 1 saturated heterocycles. The monoisotopic (exact) mass is 252 g/mol. The molecule has 0 spiro atoms. The highest BCUT2D eigenvalue weighted by atomic mass is 16.8. The molecule has 1 aliphatic heterocycles. The maximum Gasteiger partial charge on any atom is 0.518 e. The molecule has 0 bridgehead atoms. The van der Waals surface area contributed by atoms with Crippen molar-refractivity contribution in [2.45, 2.75) is 32.4 Å². The Kier molecular flexibility index (Phi) is 3.52. The van der Waals surface area contributed by atoms with Crippen molar-refractivity contribution in [1.82, 2.24) is 0 Å². The van der Waals surface area contributed by atoms with Gasteiger partial charge in [-0.05, 0) is 26.8 Å². The molecular weight excluding hydrogens is 234 g/mol. The zero-order valence-electron chi connectivity index (χ0n) is 10.9. The summed E-state index contributed by atoms with van der Waals surface area (Å²) in [4.78, 5) is 11.7. The van der Waals surface area contributed by atoms with Gasteiger partial charge in [0.05, 0.1) is 19.3 Å².